The lowest BCUT2D eigenvalue weighted by atomic mass is 10.1. The van der Waals surface area contributed by atoms with Crippen LogP contribution in [0, 0.1) is 6.92 Å². The maximum atomic E-state index is 12.3. The first-order valence-electron chi connectivity index (χ1n) is 7.87. The molecule has 5 heteroatoms. The summed E-state index contributed by atoms with van der Waals surface area (Å²) in [7, 11) is 0. The van der Waals surface area contributed by atoms with E-state index in [0.717, 1.165) is 11.1 Å². The lowest BCUT2D eigenvalue weighted by Gasteiger charge is -2.20. The Bertz CT molecular complexity index is 748. The van der Waals surface area contributed by atoms with Gasteiger partial charge in [-0.2, -0.15) is 0 Å². The molecule has 0 atom stereocenters. The van der Waals surface area contributed by atoms with Crippen LogP contribution in [0.4, 0.5) is 0 Å². The zero-order valence-corrected chi connectivity index (χ0v) is 14.5. The quantitative estimate of drug-likeness (QED) is 0.908. The summed E-state index contributed by atoms with van der Waals surface area (Å²) in [5, 5.41) is 5.69. The minimum Gasteiger partial charge on any atom is -0.347 e. The first-order valence-corrected chi connectivity index (χ1v) is 7.87. The molecule has 0 saturated heterocycles. The van der Waals surface area contributed by atoms with Gasteiger partial charge in [-0.1, -0.05) is 29.8 Å². The second-order valence-corrected chi connectivity index (χ2v) is 6.81. The van der Waals surface area contributed by atoms with Gasteiger partial charge >= 0.3 is 0 Å². The van der Waals surface area contributed by atoms with Gasteiger partial charge in [-0.25, -0.2) is 0 Å². The Hall–Kier alpha value is -2.69. The average molecular weight is 325 g/mol. The van der Waals surface area contributed by atoms with Crippen LogP contribution in [-0.4, -0.2) is 22.3 Å². The second-order valence-electron chi connectivity index (χ2n) is 6.81. The number of nitrogens with one attached hydrogen (secondary N) is 2. The van der Waals surface area contributed by atoms with E-state index in [0.29, 0.717) is 12.1 Å². The third kappa shape index (κ3) is 5.19. The van der Waals surface area contributed by atoms with Crippen molar-refractivity contribution in [2.24, 2.45) is 0 Å². The molecule has 5 nitrogen and oxygen atoms in total. The van der Waals surface area contributed by atoms with Crippen LogP contribution in [0.25, 0.3) is 0 Å². The molecule has 0 saturated carbocycles. The number of aryl methyl sites for hydroxylation is 1. The Morgan fingerprint density at radius 3 is 2.50 bits per heavy atom. The maximum Gasteiger partial charge on any atom is 0.270 e. The van der Waals surface area contributed by atoms with Gasteiger partial charge in [0, 0.05) is 23.8 Å². The van der Waals surface area contributed by atoms with E-state index in [-0.39, 0.29) is 23.0 Å². The number of carbonyl (C=O) groups excluding carboxylic acids is 2. The van der Waals surface area contributed by atoms with Gasteiger partial charge < -0.3 is 10.6 Å². The van der Waals surface area contributed by atoms with Crippen molar-refractivity contribution >= 4 is 11.8 Å². The van der Waals surface area contributed by atoms with Gasteiger partial charge in [0.1, 0.15) is 5.69 Å². The molecule has 2 amide bonds. The number of rotatable bonds is 4. The number of aromatic nitrogens is 1. The molecule has 0 spiro atoms. The van der Waals surface area contributed by atoms with E-state index in [1.165, 1.54) is 12.3 Å². The molecule has 0 fully saturated rings. The molecule has 0 aliphatic carbocycles. The van der Waals surface area contributed by atoms with Crippen molar-refractivity contribution in [1.82, 2.24) is 15.6 Å². The van der Waals surface area contributed by atoms with Crippen LogP contribution in [0.5, 0.6) is 0 Å². The van der Waals surface area contributed by atoms with Crippen LogP contribution in [0.15, 0.2) is 42.6 Å². The highest BCUT2D eigenvalue weighted by Gasteiger charge is 2.17. The summed E-state index contributed by atoms with van der Waals surface area (Å²) < 4.78 is 0. The van der Waals surface area contributed by atoms with Crippen LogP contribution in [0.3, 0.4) is 0 Å². The summed E-state index contributed by atoms with van der Waals surface area (Å²) in [5.74, 6) is -0.528. The van der Waals surface area contributed by atoms with Crippen LogP contribution in [-0.2, 0) is 6.54 Å². The molecule has 1 aromatic carbocycles. The number of hydrogen-bond donors (Lipinski definition) is 2. The van der Waals surface area contributed by atoms with Gasteiger partial charge in [-0.3, -0.25) is 14.6 Å². The van der Waals surface area contributed by atoms with Gasteiger partial charge in [0.25, 0.3) is 11.8 Å². The normalized spacial score (nSPS) is 11.0. The number of benzene rings is 1. The predicted octanol–water partition coefficient (Wildman–Crippen LogP) is 2.85. The molecular weight excluding hydrogens is 302 g/mol. The number of nitrogens with zero attached hydrogens (tertiary/aromatic N) is 1. The number of pyridine rings is 1. The van der Waals surface area contributed by atoms with E-state index < -0.39 is 0 Å². The summed E-state index contributed by atoms with van der Waals surface area (Å²) in [6, 6.07) is 11.0. The maximum absolute atomic E-state index is 12.3. The first-order chi connectivity index (χ1) is 11.2. The van der Waals surface area contributed by atoms with Crippen LogP contribution >= 0.6 is 0 Å². The summed E-state index contributed by atoms with van der Waals surface area (Å²) >= 11 is 0. The lowest BCUT2D eigenvalue weighted by molar-refractivity contribution is 0.0919. The number of hydrogen-bond acceptors (Lipinski definition) is 3. The lowest BCUT2D eigenvalue weighted by Crippen LogP contribution is -2.40. The SMILES string of the molecule is Cc1cccc(CNC(=O)c2cc(C(=O)NC(C)(C)C)ccn2)c1. The largest absolute Gasteiger partial charge is 0.347 e. The Balaban J connectivity index is 2.05. The third-order valence-corrected chi connectivity index (χ3v) is 3.28. The van der Waals surface area contributed by atoms with Crippen molar-refractivity contribution in [2.75, 3.05) is 0 Å². The van der Waals surface area contributed by atoms with E-state index in [9.17, 15) is 9.59 Å². The molecule has 0 aliphatic rings. The Morgan fingerprint density at radius 2 is 1.83 bits per heavy atom. The molecule has 126 valence electrons. The van der Waals surface area contributed by atoms with Gasteiger partial charge in [0.05, 0.1) is 0 Å². The third-order valence-electron chi connectivity index (χ3n) is 3.28. The van der Waals surface area contributed by atoms with Crippen molar-refractivity contribution in [3.05, 3.63) is 65.0 Å². The molecule has 0 unspecified atom stereocenters. The predicted molar refractivity (Wildman–Crippen MR) is 93.8 cm³/mol. The van der Waals surface area contributed by atoms with Crippen LogP contribution in [0.1, 0.15) is 52.7 Å². The fraction of sp³-hybridized carbons (Fsp3) is 0.316. The Kier molecular flexibility index (Phi) is 5.34. The summed E-state index contributed by atoms with van der Waals surface area (Å²) in [5.41, 5.74) is 2.46. The van der Waals surface area contributed by atoms with Crippen LogP contribution in [0.2, 0.25) is 0 Å². The minimum atomic E-state index is -0.339. The highest BCUT2D eigenvalue weighted by atomic mass is 16.2. The molecule has 2 N–H and O–H groups in total. The van der Waals surface area contributed by atoms with Crippen molar-refractivity contribution < 1.29 is 9.59 Å². The summed E-state index contributed by atoms with van der Waals surface area (Å²) in [6.07, 6.45) is 1.47. The van der Waals surface area contributed by atoms with Crippen molar-refractivity contribution in [2.45, 2.75) is 39.8 Å². The zero-order chi connectivity index (χ0) is 17.7. The van der Waals surface area contributed by atoms with E-state index in [1.807, 2.05) is 52.0 Å². The van der Waals surface area contributed by atoms with E-state index in [4.69, 9.17) is 0 Å². The van der Waals surface area contributed by atoms with Gasteiger partial charge in [-0.05, 0) is 45.4 Å². The molecular formula is C19H23N3O2. The number of amides is 2. The molecule has 2 aromatic rings. The monoisotopic (exact) mass is 325 g/mol. The molecule has 2 rings (SSSR count). The van der Waals surface area contributed by atoms with E-state index >= 15 is 0 Å². The van der Waals surface area contributed by atoms with Crippen LogP contribution < -0.4 is 10.6 Å². The molecule has 0 radical (unpaired) electrons. The summed E-state index contributed by atoms with van der Waals surface area (Å²) in [6.45, 7) is 8.13. The highest BCUT2D eigenvalue weighted by Crippen LogP contribution is 2.07. The van der Waals surface area contributed by atoms with Gasteiger partial charge in [-0.15, -0.1) is 0 Å². The molecule has 1 aromatic heterocycles. The smallest absolute Gasteiger partial charge is 0.270 e. The Morgan fingerprint density at radius 1 is 1.08 bits per heavy atom. The van der Waals surface area contributed by atoms with Crippen molar-refractivity contribution in [3.63, 3.8) is 0 Å². The van der Waals surface area contributed by atoms with E-state index in [1.54, 1.807) is 6.07 Å². The fourth-order valence-corrected chi connectivity index (χ4v) is 2.20. The molecule has 0 aliphatic heterocycles. The highest BCUT2D eigenvalue weighted by molar-refractivity contribution is 5.98. The molecule has 1 heterocycles. The minimum absolute atomic E-state index is 0.224. The zero-order valence-electron chi connectivity index (χ0n) is 14.5. The summed E-state index contributed by atoms with van der Waals surface area (Å²) in [4.78, 5) is 28.5. The number of carbonyl (C=O) groups is 2. The van der Waals surface area contributed by atoms with E-state index in [2.05, 4.69) is 15.6 Å². The molecule has 24 heavy (non-hydrogen) atoms. The fourth-order valence-electron chi connectivity index (χ4n) is 2.20. The van der Waals surface area contributed by atoms with Gasteiger partial charge in [0.15, 0.2) is 0 Å². The first kappa shape index (κ1) is 17.7. The second kappa shape index (κ2) is 7.25. The van der Waals surface area contributed by atoms with Gasteiger partial charge in [0.2, 0.25) is 0 Å². The Labute approximate surface area is 142 Å². The standard InChI is InChI=1S/C19H23N3O2/c1-13-6-5-7-14(10-13)12-21-18(24)16-11-15(8-9-20-16)17(23)22-19(2,3)4/h5-11H,12H2,1-4H3,(H,21,24)(H,22,23). The van der Waals surface area contributed by atoms with Crippen molar-refractivity contribution in [3.8, 4) is 0 Å². The topological polar surface area (TPSA) is 71.1 Å². The molecule has 0 bridgehead atoms. The van der Waals surface area contributed by atoms with Crippen molar-refractivity contribution in [1.29, 1.82) is 0 Å². The average Bonchev–Trinajstić information content (AvgIpc) is 2.51.